The van der Waals surface area contributed by atoms with Gasteiger partial charge in [0.25, 0.3) is 0 Å². The molecule has 1 unspecified atom stereocenters. The Labute approximate surface area is 131 Å². The van der Waals surface area contributed by atoms with Crippen molar-refractivity contribution in [3.05, 3.63) is 57.8 Å². The summed E-state index contributed by atoms with van der Waals surface area (Å²) < 4.78 is 26.0. The van der Waals surface area contributed by atoms with Gasteiger partial charge in [0.2, 0.25) is 0 Å². The number of halogens is 2. The lowest BCUT2D eigenvalue weighted by Crippen LogP contribution is -2.24. The molecule has 2 aromatic carbocycles. The minimum absolute atomic E-state index is 0.192. The minimum Gasteiger partial charge on any atom is -0.497 e. The molecule has 1 aliphatic heterocycles. The molecule has 0 aromatic heterocycles. The first kappa shape index (κ1) is 14.4. The molecule has 0 fully saturated rings. The van der Waals surface area contributed by atoms with Crippen LogP contribution >= 0.6 is 15.9 Å². The fraction of sp³-hybridized carbons (Fsp3) is 0.250. The van der Waals surface area contributed by atoms with Crippen LogP contribution in [0.15, 0.2) is 40.9 Å². The molecule has 1 heterocycles. The maximum absolute atomic E-state index is 14.0. The summed E-state index contributed by atoms with van der Waals surface area (Å²) >= 11 is 3.36. The van der Waals surface area contributed by atoms with Crippen LogP contribution in [0.1, 0.15) is 29.7 Å². The van der Waals surface area contributed by atoms with Crippen LogP contribution in [0.4, 0.5) is 4.39 Å². The molecule has 0 aliphatic carbocycles. The summed E-state index contributed by atoms with van der Waals surface area (Å²) in [6, 6.07) is 10.2. The van der Waals surface area contributed by atoms with Crippen molar-refractivity contribution in [1.82, 2.24) is 0 Å². The molecule has 3 nitrogen and oxygen atoms in total. The van der Waals surface area contributed by atoms with Crippen molar-refractivity contribution in [2.24, 2.45) is 5.73 Å². The smallest absolute Gasteiger partial charge is 0.130 e. The van der Waals surface area contributed by atoms with E-state index in [0.717, 1.165) is 10.0 Å². The summed E-state index contributed by atoms with van der Waals surface area (Å²) in [7, 11) is 1.59. The molecule has 0 radical (unpaired) electrons. The Kier molecular flexibility index (Phi) is 3.87. The highest BCUT2D eigenvalue weighted by Crippen LogP contribution is 2.42. The second kappa shape index (κ2) is 5.66. The van der Waals surface area contributed by atoms with E-state index in [1.54, 1.807) is 25.3 Å². The van der Waals surface area contributed by atoms with Crippen LogP contribution in [-0.4, -0.2) is 7.11 Å². The first-order chi connectivity index (χ1) is 10.1. The van der Waals surface area contributed by atoms with E-state index in [9.17, 15) is 4.39 Å². The second-order valence-corrected chi connectivity index (χ2v) is 5.93. The SMILES string of the molecule is COc1ccc2c(c1)OC(c1cc(Br)ccc1F)C[C@@H]2N. The monoisotopic (exact) mass is 351 g/mol. The Bertz CT molecular complexity index is 677. The number of nitrogens with two attached hydrogens (primary N) is 1. The van der Waals surface area contributed by atoms with Crippen LogP contribution in [0.25, 0.3) is 0 Å². The summed E-state index contributed by atoms with van der Waals surface area (Å²) in [5.74, 6) is 1.05. The molecule has 2 aromatic rings. The fourth-order valence-electron chi connectivity index (χ4n) is 2.56. The molecule has 2 N–H and O–H groups in total. The van der Waals surface area contributed by atoms with Gasteiger partial charge in [-0.15, -0.1) is 0 Å². The van der Waals surface area contributed by atoms with E-state index in [4.69, 9.17) is 15.2 Å². The third-order valence-electron chi connectivity index (χ3n) is 3.66. The average molecular weight is 352 g/mol. The lowest BCUT2D eigenvalue weighted by Gasteiger charge is -2.31. The average Bonchev–Trinajstić information content (AvgIpc) is 2.49. The summed E-state index contributed by atoms with van der Waals surface area (Å²) in [4.78, 5) is 0. The predicted molar refractivity (Wildman–Crippen MR) is 82.0 cm³/mol. The van der Waals surface area contributed by atoms with Gasteiger partial charge in [-0.05, 0) is 24.3 Å². The number of ether oxygens (including phenoxy) is 2. The minimum atomic E-state index is -0.405. The van der Waals surface area contributed by atoms with Crippen molar-refractivity contribution in [3.63, 3.8) is 0 Å². The van der Waals surface area contributed by atoms with Gasteiger partial charge < -0.3 is 15.2 Å². The van der Waals surface area contributed by atoms with Crippen molar-refractivity contribution >= 4 is 15.9 Å². The quantitative estimate of drug-likeness (QED) is 0.884. The maximum atomic E-state index is 14.0. The van der Waals surface area contributed by atoms with Crippen LogP contribution in [0.2, 0.25) is 0 Å². The molecule has 0 spiro atoms. The Morgan fingerprint density at radius 2 is 2.05 bits per heavy atom. The van der Waals surface area contributed by atoms with E-state index in [1.807, 2.05) is 12.1 Å². The highest BCUT2D eigenvalue weighted by molar-refractivity contribution is 9.10. The van der Waals surface area contributed by atoms with Crippen molar-refractivity contribution in [2.75, 3.05) is 7.11 Å². The largest absolute Gasteiger partial charge is 0.497 e. The number of fused-ring (bicyclic) bond motifs is 1. The molecule has 3 rings (SSSR count). The van der Waals surface area contributed by atoms with E-state index in [2.05, 4.69) is 15.9 Å². The van der Waals surface area contributed by atoms with E-state index in [-0.39, 0.29) is 11.9 Å². The van der Waals surface area contributed by atoms with E-state index in [1.165, 1.54) is 6.07 Å². The predicted octanol–water partition coefficient (Wildman–Crippen LogP) is 4.12. The normalized spacial score (nSPS) is 20.6. The summed E-state index contributed by atoms with van der Waals surface area (Å²) in [5, 5.41) is 0. The Hall–Kier alpha value is -1.59. The van der Waals surface area contributed by atoms with Gasteiger partial charge in [-0.25, -0.2) is 4.39 Å². The van der Waals surface area contributed by atoms with Gasteiger partial charge in [-0.1, -0.05) is 22.0 Å². The van der Waals surface area contributed by atoms with Gasteiger partial charge in [-0.2, -0.15) is 0 Å². The van der Waals surface area contributed by atoms with Crippen LogP contribution in [-0.2, 0) is 0 Å². The molecule has 5 heteroatoms. The lowest BCUT2D eigenvalue weighted by molar-refractivity contribution is 0.156. The first-order valence-corrected chi connectivity index (χ1v) is 7.43. The van der Waals surface area contributed by atoms with Gasteiger partial charge in [-0.3, -0.25) is 0 Å². The molecule has 110 valence electrons. The van der Waals surface area contributed by atoms with Crippen LogP contribution in [0.5, 0.6) is 11.5 Å². The van der Waals surface area contributed by atoms with Crippen molar-refractivity contribution in [2.45, 2.75) is 18.6 Å². The highest BCUT2D eigenvalue weighted by Gasteiger charge is 2.29. The molecule has 0 saturated carbocycles. The number of benzene rings is 2. The summed E-state index contributed by atoms with van der Waals surface area (Å²) in [6.07, 6.45) is 0.129. The highest BCUT2D eigenvalue weighted by atomic mass is 79.9. The molecule has 0 bridgehead atoms. The number of hydrogen-bond acceptors (Lipinski definition) is 3. The summed E-state index contributed by atoms with van der Waals surface area (Å²) in [5.41, 5.74) is 7.63. The molecule has 0 saturated heterocycles. The van der Waals surface area contributed by atoms with Gasteiger partial charge in [0.05, 0.1) is 7.11 Å². The van der Waals surface area contributed by atoms with Gasteiger partial charge in [0.15, 0.2) is 0 Å². The fourth-order valence-corrected chi connectivity index (χ4v) is 2.94. The summed E-state index contributed by atoms with van der Waals surface area (Å²) in [6.45, 7) is 0. The number of methoxy groups -OCH3 is 1. The number of hydrogen-bond donors (Lipinski definition) is 1. The molecule has 0 amide bonds. The molecule has 21 heavy (non-hydrogen) atoms. The van der Waals surface area contributed by atoms with Crippen LogP contribution in [0, 0.1) is 5.82 Å². The third kappa shape index (κ3) is 2.76. The Morgan fingerprint density at radius 1 is 1.24 bits per heavy atom. The van der Waals surface area contributed by atoms with Crippen molar-refractivity contribution < 1.29 is 13.9 Å². The van der Waals surface area contributed by atoms with Crippen molar-refractivity contribution in [3.8, 4) is 11.5 Å². The standard InChI is InChI=1S/C16H15BrFNO2/c1-20-10-3-4-11-14(19)8-16(21-15(11)7-10)12-6-9(17)2-5-13(12)18/h2-7,14,16H,8,19H2,1H3/t14-,16?/m0/s1. The van der Waals surface area contributed by atoms with Gasteiger partial charge in [0.1, 0.15) is 23.4 Å². The second-order valence-electron chi connectivity index (χ2n) is 5.02. The topological polar surface area (TPSA) is 44.5 Å². The molecule has 2 atom stereocenters. The van der Waals surface area contributed by atoms with E-state index in [0.29, 0.717) is 23.5 Å². The van der Waals surface area contributed by atoms with E-state index < -0.39 is 6.10 Å². The first-order valence-electron chi connectivity index (χ1n) is 6.63. The zero-order valence-electron chi connectivity index (χ0n) is 11.5. The van der Waals surface area contributed by atoms with Crippen molar-refractivity contribution in [1.29, 1.82) is 0 Å². The van der Waals surface area contributed by atoms with Crippen LogP contribution in [0.3, 0.4) is 0 Å². The lowest BCUT2D eigenvalue weighted by atomic mass is 9.93. The maximum Gasteiger partial charge on any atom is 0.130 e. The number of rotatable bonds is 2. The molecule has 1 aliphatic rings. The van der Waals surface area contributed by atoms with Gasteiger partial charge >= 0.3 is 0 Å². The Balaban J connectivity index is 1.98. The molecular formula is C16H15BrFNO2. The Morgan fingerprint density at radius 3 is 2.81 bits per heavy atom. The van der Waals surface area contributed by atoms with Gasteiger partial charge in [0, 0.05) is 34.1 Å². The van der Waals surface area contributed by atoms with E-state index >= 15 is 0 Å². The zero-order valence-corrected chi connectivity index (χ0v) is 13.1. The molecular weight excluding hydrogens is 337 g/mol. The third-order valence-corrected chi connectivity index (χ3v) is 4.16. The van der Waals surface area contributed by atoms with Crippen LogP contribution < -0.4 is 15.2 Å². The zero-order chi connectivity index (χ0) is 15.0.